The van der Waals surface area contributed by atoms with Crippen LogP contribution in [0.25, 0.3) is 0 Å². The Hall–Kier alpha value is -3.42. The van der Waals surface area contributed by atoms with E-state index in [4.69, 9.17) is 4.74 Å². The number of carbonyl (C=O) groups is 3. The molecule has 1 fully saturated rings. The lowest BCUT2D eigenvalue weighted by Crippen LogP contribution is -2.46. The number of likely N-dealkylation sites (tertiary alicyclic amines) is 1. The Morgan fingerprint density at radius 3 is 2.71 bits per heavy atom. The van der Waals surface area contributed by atoms with Gasteiger partial charge in [0.05, 0.1) is 30.8 Å². The van der Waals surface area contributed by atoms with Crippen LogP contribution in [0.4, 0.5) is 5.69 Å². The number of aromatic nitrogens is 1. The number of nitrogens with zero attached hydrogens (tertiary/aromatic N) is 2. The molecule has 1 atom stereocenters. The van der Waals surface area contributed by atoms with Gasteiger partial charge in [-0.3, -0.25) is 19.4 Å². The van der Waals surface area contributed by atoms with Crippen LogP contribution in [0.3, 0.4) is 0 Å². The molecule has 1 unspecified atom stereocenters. The normalized spacial score (nSPS) is 15.7. The van der Waals surface area contributed by atoms with Gasteiger partial charge in [-0.25, -0.2) is 0 Å². The van der Waals surface area contributed by atoms with Gasteiger partial charge in [0.2, 0.25) is 17.7 Å². The van der Waals surface area contributed by atoms with E-state index in [0.717, 1.165) is 18.6 Å². The lowest BCUT2D eigenvalue weighted by molar-refractivity contribution is -0.136. The number of carbonyl (C=O) groups excluding carboxylic acids is 3. The predicted octanol–water partition coefficient (Wildman–Crippen LogP) is 2.23. The summed E-state index contributed by atoms with van der Waals surface area (Å²) in [6.45, 7) is 1.61. The second kappa shape index (κ2) is 11.7. The molecule has 3 amide bonds. The molecule has 0 radical (unpaired) electrons. The number of amides is 3. The van der Waals surface area contributed by atoms with E-state index in [-0.39, 0.29) is 43.0 Å². The average Bonchev–Trinajstić information content (AvgIpc) is 2.80. The highest BCUT2D eigenvalue weighted by Crippen LogP contribution is 2.18. The zero-order valence-corrected chi connectivity index (χ0v) is 17.5. The topological polar surface area (TPSA) is 101 Å². The van der Waals surface area contributed by atoms with Crippen molar-refractivity contribution in [3.8, 4) is 5.75 Å². The number of pyridine rings is 1. The summed E-state index contributed by atoms with van der Waals surface area (Å²) in [7, 11) is 0. The number of piperidine rings is 1. The van der Waals surface area contributed by atoms with Crippen LogP contribution in [-0.2, 0) is 14.4 Å². The van der Waals surface area contributed by atoms with Crippen LogP contribution in [0.1, 0.15) is 25.7 Å². The molecule has 3 rings (SSSR count). The van der Waals surface area contributed by atoms with Crippen molar-refractivity contribution in [2.75, 3.05) is 31.6 Å². The van der Waals surface area contributed by atoms with E-state index in [2.05, 4.69) is 15.6 Å². The monoisotopic (exact) mass is 424 g/mol. The molecule has 2 aromatic rings. The Morgan fingerprint density at radius 2 is 1.94 bits per heavy atom. The zero-order valence-electron chi connectivity index (χ0n) is 17.5. The number of hydrogen-bond acceptors (Lipinski definition) is 5. The van der Waals surface area contributed by atoms with Gasteiger partial charge in [-0.2, -0.15) is 0 Å². The van der Waals surface area contributed by atoms with Crippen LogP contribution < -0.4 is 15.4 Å². The molecule has 1 aromatic heterocycles. The Morgan fingerprint density at radius 1 is 1.10 bits per heavy atom. The molecular formula is C23H28N4O4. The first-order chi connectivity index (χ1) is 15.1. The quantitative estimate of drug-likeness (QED) is 0.643. The first-order valence-corrected chi connectivity index (χ1v) is 10.5. The summed E-state index contributed by atoms with van der Waals surface area (Å²) in [5.41, 5.74) is 0.622. The highest BCUT2D eigenvalue weighted by molar-refractivity contribution is 5.91. The van der Waals surface area contributed by atoms with Crippen LogP contribution in [0.15, 0.2) is 54.9 Å². The third-order valence-corrected chi connectivity index (χ3v) is 5.07. The van der Waals surface area contributed by atoms with E-state index < -0.39 is 0 Å². The van der Waals surface area contributed by atoms with Crippen molar-refractivity contribution in [1.29, 1.82) is 0 Å². The molecule has 0 saturated carbocycles. The van der Waals surface area contributed by atoms with Gasteiger partial charge in [0.15, 0.2) is 0 Å². The number of hydrogen-bond donors (Lipinski definition) is 2. The fourth-order valence-electron chi connectivity index (χ4n) is 3.45. The maximum Gasteiger partial charge on any atom is 0.226 e. The number of anilines is 1. The van der Waals surface area contributed by atoms with Gasteiger partial charge in [0.1, 0.15) is 5.75 Å². The minimum absolute atomic E-state index is 0.00993. The smallest absolute Gasteiger partial charge is 0.226 e. The highest BCUT2D eigenvalue weighted by Gasteiger charge is 2.28. The van der Waals surface area contributed by atoms with Gasteiger partial charge < -0.3 is 20.3 Å². The van der Waals surface area contributed by atoms with Gasteiger partial charge in [0.25, 0.3) is 0 Å². The largest absolute Gasteiger partial charge is 0.493 e. The third kappa shape index (κ3) is 7.40. The van der Waals surface area contributed by atoms with Crippen LogP contribution in [0, 0.1) is 5.92 Å². The minimum Gasteiger partial charge on any atom is -0.493 e. The van der Waals surface area contributed by atoms with Gasteiger partial charge >= 0.3 is 0 Å². The van der Waals surface area contributed by atoms with Crippen molar-refractivity contribution in [1.82, 2.24) is 15.2 Å². The second-order valence-electron chi connectivity index (χ2n) is 7.42. The number of para-hydroxylation sites is 1. The van der Waals surface area contributed by atoms with E-state index in [1.807, 2.05) is 30.3 Å². The Labute approximate surface area is 182 Å². The van der Waals surface area contributed by atoms with Crippen LogP contribution in [0.2, 0.25) is 0 Å². The van der Waals surface area contributed by atoms with Crippen LogP contribution in [0.5, 0.6) is 5.75 Å². The molecular weight excluding hydrogens is 396 g/mol. The number of benzene rings is 1. The first kappa shape index (κ1) is 22.3. The number of nitrogens with one attached hydrogen (secondary N) is 2. The Bertz CT molecular complexity index is 860. The SMILES string of the molecule is O=C(CCNC(=O)C1CCCN(C(=O)CCOc2ccccc2)C1)Nc1cccnc1. The maximum atomic E-state index is 12.5. The van der Waals surface area contributed by atoms with Crippen molar-refractivity contribution in [3.63, 3.8) is 0 Å². The molecule has 1 aliphatic heterocycles. The average molecular weight is 425 g/mol. The van der Waals surface area contributed by atoms with E-state index in [0.29, 0.717) is 25.4 Å². The third-order valence-electron chi connectivity index (χ3n) is 5.07. The summed E-state index contributed by atoms with van der Waals surface area (Å²) < 4.78 is 5.59. The molecule has 1 aromatic carbocycles. The summed E-state index contributed by atoms with van der Waals surface area (Å²) >= 11 is 0. The molecule has 0 spiro atoms. The molecule has 8 heteroatoms. The Kier molecular flexibility index (Phi) is 8.39. The van der Waals surface area contributed by atoms with Crippen molar-refractivity contribution in [3.05, 3.63) is 54.9 Å². The molecule has 0 aliphatic carbocycles. The summed E-state index contributed by atoms with van der Waals surface area (Å²) in [6.07, 6.45) is 5.16. The van der Waals surface area contributed by atoms with Gasteiger partial charge in [0, 0.05) is 32.3 Å². The van der Waals surface area contributed by atoms with Crippen molar-refractivity contribution in [2.45, 2.75) is 25.7 Å². The number of ether oxygens (including phenoxy) is 1. The highest BCUT2D eigenvalue weighted by atomic mass is 16.5. The fraction of sp³-hybridized carbons (Fsp3) is 0.391. The van der Waals surface area contributed by atoms with Gasteiger partial charge in [-0.15, -0.1) is 0 Å². The summed E-state index contributed by atoms with van der Waals surface area (Å²) in [5.74, 6) is 0.163. The lowest BCUT2D eigenvalue weighted by Gasteiger charge is -2.32. The maximum absolute atomic E-state index is 12.5. The minimum atomic E-state index is -0.255. The molecule has 1 saturated heterocycles. The molecule has 164 valence electrons. The molecule has 2 heterocycles. The van der Waals surface area contributed by atoms with Crippen LogP contribution in [-0.4, -0.2) is 53.8 Å². The molecule has 8 nitrogen and oxygen atoms in total. The van der Waals surface area contributed by atoms with E-state index in [9.17, 15) is 14.4 Å². The first-order valence-electron chi connectivity index (χ1n) is 10.5. The lowest BCUT2D eigenvalue weighted by atomic mass is 9.97. The standard InChI is InChI=1S/C23H28N4O4/c28-21(26-19-7-4-12-24-16-19)10-13-25-23(30)18-6-5-14-27(17-18)22(29)11-15-31-20-8-2-1-3-9-20/h1-4,7-9,12,16,18H,5-6,10-11,13-15,17H2,(H,25,30)(H,26,28). The molecule has 1 aliphatic rings. The van der Waals surface area contributed by atoms with E-state index in [1.165, 1.54) is 0 Å². The number of rotatable bonds is 9. The summed E-state index contributed by atoms with van der Waals surface area (Å²) in [4.78, 5) is 42.6. The van der Waals surface area contributed by atoms with Crippen molar-refractivity contribution < 1.29 is 19.1 Å². The van der Waals surface area contributed by atoms with E-state index in [1.54, 1.807) is 29.4 Å². The molecule has 2 N–H and O–H groups in total. The molecule has 31 heavy (non-hydrogen) atoms. The zero-order chi connectivity index (χ0) is 21.9. The van der Waals surface area contributed by atoms with E-state index >= 15 is 0 Å². The Balaban J connectivity index is 1.35. The van der Waals surface area contributed by atoms with Crippen molar-refractivity contribution >= 4 is 23.4 Å². The molecule has 0 bridgehead atoms. The van der Waals surface area contributed by atoms with Crippen LogP contribution >= 0.6 is 0 Å². The predicted molar refractivity (Wildman–Crippen MR) is 116 cm³/mol. The second-order valence-corrected chi connectivity index (χ2v) is 7.42. The van der Waals surface area contributed by atoms with Gasteiger partial charge in [-0.05, 0) is 37.1 Å². The fourth-order valence-corrected chi connectivity index (χ4v) is 3.45. The summed E-state index contributed by atoms with van der Waals surface area (Å²) in [6, 6.07) is 12.9. The van der Waals surface area contributed by atoms with Crippen molar-refractivity contribution in [2.24, 2.45) is 5.92 Å². The summed E-state index contributed by atoms with van der Waals surface area (Å²) in [5, 5.41) is 5.55. The van der Waals surface area contributed by atoms with Gasteiger partial charge in [-0.1, -0.05) is 18.2 Å².